The maximum atomic E-state index is 12.2. The summed E-state index contributed by atoms with van der Waals surface area (Å²) in [5.41, 5.74) is 2.79. The fraction of sp³-hybridized carbons (Fsp3) is 0.250. The Balaban J connectivity index is 2.17. The van der Waals surface area contributed by atoms with E-state index >= 15 is 0 Å². The second-order valence-corrected chi connectivity index (χ2v) is 4.49. The van der Waals surface area contributed by atoms with Crippen LogP contribution in [-0.4, -0.2) is 27.4 Å². The number of hydrogen-bond donors (Lipinski definition) is 2. The Morgan fingerprint density at radius 3 is 2.90 bits per heavy atom. The van der Waals surface area contributed by atoms with E-state index in [2.05, 4.69) is 22.3 Å². The normalized spacial score (nSPS) is 9.86. The largest absolute Gasteiger partial charge is 0.384 e. The van der Waals surface area contributed by atoms with E-state index in [0.717, 1.165) is 17.7 Å². The van der Waals surface area contributed by atoms with Gasteiger partial charge in [0.25, 0.3) is 5.91 Å². The zero-order chi connectivity index (χ0) is 15.2. The van der Waals surface area contributed by atoms with Crippen molar-refractivity contribution in [3.63, 3.8) is 0 Å². The van der Waals surface area contributed by atoms with Gasteiger partial charge in [0.2, 0.25) is 0 Å². The molecule has 0 saturated carbocycles. The monoisotopic (exact) mass is 283 g/mol. The van der Waals surface area contributed by atoms with Gasteiger partial charge in [-0.3, -0.25) is 9.48 Å². The molecule has 1 aromatic carbocycles. The van der Waals surface area contributed by atoms with E-state index in [1.54, 1.807) is 36.0 Å². The average Bonchev–Trinajstić information content (AvgIpc) is 2.87. The van der Waals surface area contributed by atoms with Crippen LogP contribution in [0.3, 0.4) is 0 Å². The molecule has 5 nitrogen and oxygen atoms in total. The Morgan fingerprint density at radius 1 is 1.43 bits per heavy atom. The molecule has 0 aliphatic carbocycles. The fourth-order valence-corrected chi connectivity index (χ4v) is 1.92. The van der Waals surface area contributed by atoms with Gasteiger partial charge in [0.15, 0.2) is 0 Å². The predicted molar refractivity (Wildman–Crippen MR) is 80.9 cm³/mol. The number of amides is 1. The first-order chi connectivity index (χ1) is 10.1. The topological polar surface area (TPSA) is 67.2 Å². The van der Waals surface area contributed by atoms with Crippen molar-refractivity contribution in [2.45, 2.75) is 13.3 Å². The zero-order valence-corrected chi connectivity index (χ0v) is 12.1. The Labute approximate surface area is 123 Å². The number of rotatable bonds is 3. The van der Waals surface area contributed by atoms with Gasteiger partial charge in [0.1, 0.15) is 12.3 Å². The number of nitrogens with one attached hydrogen (secondary N) is 1. The summed E-state index contributed by atoms with van der Waals surface area (Å²) in [7, 11) is 1.75. The molecule has 2 rings (SSSR count). The molecular formula is C16H17N3O2. The lowest BCUT2D eigenvalue weighted by Crippen LogP contribution is -2.16. The molecule has 0 spiro atoms. The molecule has 0 radical (unpaired) electrons. The molecule has 0 aliphatic heterocycles. The third-order valence-electron chi connectivity index (χ3n) is 2.96. The molecule has 1 heterocycles. The highest BCUT2D eigenvalue weighted by Gasteiger charge is 2.12. The molecule has 1 aromatic heterocycles. The van der Waals surface area contributed by atoms with Crippen LogP contribution in [0.25, 0.3) is 0 Å². The first-order valence-electron chi connectivity index (χ1n) is 6.68. The van der Waals surface area contributed by atoms with Crippen LogP contribution < -0.4 is 5.32 Å². The van der Waals surface area contributed by atoms with Gasteiger partial charge in [-0.25, -0.2) is 0 Å². The number of nitrogens with zero attached hydrogens (tertiary/aromatic N) is 2. The van der Waals surface area contributed by atoms with Crippen molar-refractivity contribution in [2.24, 2.45) is 7.05 Å². The summed E-state index contributed by atoms with van der Waals surface area (Å²) in [6.07, 6.45) is 0.785. The van der Waals surface area contributed by atoms with Crippen LogP contribution in [0.1, 0.15) is 28.7 Å². The van der Waals surface area contributed by atoms with Gasteiger partial charge in [-0.15, -0.1) is 0 Å². The highest BCUT2D eigenvalue weighted by Crippen LogP contribution is 2.12. The van der Waals surface area contributed by atoms with E-state index in [-0.39, 0.29) is 12.5 Å². The van der Waals surface area contributed by atoms with E-state index in [9.17, 15) is 4.79 Å². The second-order valence-electron chi connectivity index (χ2n) is 4.49. The number of hydrogen-bond acceptors (Lipinski definition) is 3. The van der Waals surface area contributed by atoms with Crippen molar-refractivity contribution < 1.29 is 9.90 Å². The molecular weight excluding hydrogens is 266 g/mol. The number of carbonyl (C=O) groups is 1. The number of aromatic nitrogens is 2. The number of carbonyl (C=O) groups excluding carboxylic acids is 1. The van der Waals surface area contributed by atoms with E-state index in [0.29, 0.717) is 11.4 Å². The van der Waals surface area contributed by atoms with E-state index < -0.39 is 0 Å². The van der Waals surface area contributed by atoms with E-state index in [4.69, 9.17) is 5.11 Å². The minimum Gasteiger partial charge on any atom is -0.384 e. The van der Waals surface area contributed by atoms with Crippen molar-refractivity contribution in [3.8, 4) is 11.8 Å². The van der Waals surface area contributed by atoms with Crippen molar-refractivity contribution in [2.75, 3.05) is 11.9 Å². The smallest absolute Gasteiger partial charge is 0.273 e. The minimum absolute atomic E-state index is 0.189. The van der Waals surface area contributed by atoms with Crippen molar-refractivity contribution in [1.29, 1.82) is 0 Å². The summed E-state index contributed by atoms with van der Waals surface area (Å²) >= 11 is 0. The summed E-state index contributed by atoms with van der Waals surface area (Å²) in [6, 6.07) is 8.96. The zero-order valence-electron chi connectivity index (χ0n) is 12.1. The summed E-state index contributed by atoms with van der Waals surface area (Å²) in [6.45, 7) is 1.80. The number of aliphatic hydroxyl groups excluding tert-OH is 1. The molecule has 0 bridgehead atoms. The molecule has 21 heavy (non-hydrogen) atoms. The van der Waals surface area contributed by atoms with Gasteiger partial charge >= 0.3 is 0 Å². The van der Waals surface area contributed by atoms with Crippen LogP contribution in [0, 0.1) is 11.8 Å². The molecule has 2 N–H and O–H groups in total. The standard InChI is InChI=1S/C16H17N3O2/c1-3-13-11-15(19(2)18-13)16(21)17-14-8-4-6-12(10-14)7-5-9-20/h4,6,8,10-11,20H,3,9H2,1-2H3,(H,17,21). The minimum atomic E-state index is -0.211. The highest BCUT2D eigenvalue weighted by atomic mass is 16.2. The molecule has 0 aliphatic rings. The van der Waals surface area contributed by atoms with Crippen LogP contribution >= 0.6 is 0 Å². The predicted octanol–water partition coefficient (Wildman–Crippen LogP) is 1.58. The van der Waals surface area contributed by atoms with E-state index in [1.165, 1.54) is 0 Å². The number of anilines is 1. The van der Waals surface area contributed by atoms with Gasteiger partial charge < -0.3 is 10.4 Å². The third-order valence-corrected chi connectivity index (χ3v) is 2.96. The lowest BCUT2D eigenvalue weighted by Gasteiger charge is -2.05. The first-order valence-corrected chi connectivity index (χ1v) is 6.68. The van der Waals surface area contributed by atoms with Gasteiger partial charge in [-0.05, 0) is 30.7 Å². The molecule has 0 saturated heterocycles. The summed E-state index contributed by atoms with van der Waals surface area (Å²) in [5, 5.41) is 15.8. The Hall–Kier alpha value is -2.58. The maximum absolute atomic E-state index is 12.2. The van der Waals surface area contributed by atoms with Crippen LogP contribution in [0.15, 0.2) is 30.3 Å². The van der Waals surface area contributed by atoms with Crippen molar-refractivity contribution in [1.82, 2.24) is 9.78 Å². The average molecular weight is 283 g/mol. The lowest BCUT2D eigenvalue weighted by molar-refractivity contribution is 0.101. The molecule has 0 atom stereocenters. The van der Waals surface area contributed by atoms with Crippen LogP contribution in [0.4, 0.5) is 5.69 Å². The van der Waals surface area contributed by atoms with Gasteiger partial charge in [-0.1, -0.05) is 24.8 Å². The van der Waals surface area contributed by atoms with E-state index in [1.807, 2.05) is 13.0 Å². The number of aliphatic hydroxyl groups is 1. The van der Waals surface area contributed by atoms with Crippen molar-refractivity contribution >= 4 is 11.6 Å². The second kappa shape index (κ2) is 6.73. The maximum Gasteiger partial charge on any atom is 0.273 e. The molecule has 0 fully saturated rings. The van der Waals surface area contributed by atoms with Gasteiger partial charge in [0.05, 0.1) is 5.69 Å². The quantitative estimate of drug-likeness (QED) is 0.840. The molecule has 2 aromatic rings. The Bertz CT molecular complexity index is 708. The van der Waals surface area contributed by atoms with Crippen LogP contribution in [-0.2, 0) is 13.5 Å². The SMILES string of the molecule is CCc1cc(C(=O)Nc2cccc(C#CCO)c2)n(C)n1. The number of benzene rings is 1. The first kappa shape index (κ1) is 14.8. The number of aryl methyl sites for hydroxylation is 2. The third kappa shape index (κ3) is 3.71. The highest BCUT2D eigenvalue weighted by molar-refractivity contribution is 6.03. The van der Waals surface area contributed by atoms with Crippen molar-refractivity contribution in [3.05, 3.63) is 47.3 Å². The molecule has 108 valence electrons. The van der Waals surface area contributed by atoms with Crippen LogP contribution in [0.2, 0.25) is 0 Å². The summed E-state index contributed by atoms with van der Waals surface area (Å²) in [5.74, 6) is 5.17. The molecule has 5 heteroatoms. The summed E-state index contributed by atoms with van der Waals surface area (Å²) < 4.78 is 1.57. The Morgan fingerprint density at radius 2 is 2.24 bits per heavy atom. The Kier molecular flexibility index (Phi) is 4.75. The molecule has 0 unspecified atom stereocenters. The van der Waals surface area contributed by atoms with Crippen LogP contribution in [0.5, 0.6) is 0 Å². The summed E-state index contributed by atoms with van der Waals surface area (Å²) in [4.78, 5) is 12.2. The van der Waals surface area contributed by atoms with Gasteiger partial charge in [-0.2, -0.15) is 5.10 Å². The lowest BCUT2D eigenvalue weighted by atomic mass is 10.2. The van der Waals surface area contributed by atoms with Gasteiger partial charge in [0, 0.05) is 18.3 Å². The fourth-order valence-electron chi connectivity index (χ4n) is 1.92. The molecule has 1 amide bonds.